The Kier molecular flexibility index (Phi) is 6.96. The van der Waals surface area contributed by atoms with Crippen LogP contribution < -0.4 is 5.32 Å². The van der Waals surface area contributed by atoms with E-state index in [4.69, 9.17) is 4.74 Å². The zero-order valence-corrected chi connectivity index (χ0v) is 13.4. The standard InChI is InChI=1S/C16H31NO3/c1-5-7-17-16(4,15(18)19)6-8-20-14-10-12(2)9-13(3)11-14/h12-14,17H,5-11H2,1-4H3,(H,18,19). The van der Waals surface area contributed by atoms with Gasteiger partial charge in [0.25, 0.3) is 0 Å². The fourth-order valence-electron chi connectivity index (χ4n) is 3.11. The third-order valence-corrected chi connectivity index (χ3v) is 4.33. The lowest BCUT2D eigenvalue weighted by molar-refractivity contribution is -0.145. The van der Waals surface area contributed by atoms with E-state index in [1.807, 2.05) is 6.92 Å². The van der Waals surface area contributed by atoms with Crippen LogP contribution >= 0.6 is 0 Å². The number of carboxylic acid groups (broad SMARTS) is 1. The third-order valence-electron chi connectivity index (χ3n) is 4.33. The van der Waals surface area contributed by atoms with Crippen LogP contribution in [0.1, 0.15) is 59.8 Å². The minimum Gasteiger partial charge on any atom is -0.480 e. The molecule has 3 atom stereocenters. The molecule has 1 aliphatic carbocycles. The van der Waals surface area contributed by atoms with Crippen LogP contribution in [0.2, 0.25) is 0 Å². The predicted molar refractivity (Wildman–Crippen MR) is 80.9 cm³/mol. The van der Waals surface area contributed by atoms with Gasteiger partial charge in [0.2, 0.25) is 0 Å². The normalized spacial score (nSPS) is 29.9. The Bertz CT molecular complexity index is 298. The molecule has 1 aliphatic rings. The molecule has 0 aromatic heterocycles. The Labute approximate surface area is 123 Å². The minimum absolute atomic E-state index is 0.304. The van der Waals surface area contributed by atoms with Gasteiger partial charge in [-0.3, -0.25) is 4.79 Å². The molecule has 118 valence electrons. The highest BCUT2D eigenvalue weighted by Crippen LogP contribution is 2.30. The molecule has 0 aromatic carbocycles. The highest BCUT2D eigenvalue weighted by molar-refractivity contribution is 5.78. The number of carboxylic acids is 1. The summed E-state index contributed by atoms with van der Waals surface area (Å²) in [6.45, 7) is 9.58. The Morgan fingerprint density at radius 1 is 1.30 bits per heavy atom. The Morgan fingerprint density at radius 3 is 2.40 bits per heavy atom. The SMILES string of the molecule is CCCNC(C)(CCOC1CC(C)CC(C)C1)C(=O)O. The van der Waals surface area contributed by atoms with E-state index >= 15 is 0 Å². The van der Waals surface area contributed by atoms with Gasteiger partial charge in [-0.1, -0.05) is 20.8 Å². The summed E-state index contributed by atoms with van der Waals surface area (Å²) in [6, 6.07) is 0. The summed E-state index contributed by atoms with van der Waals surface area (Å²) in [6.07, 6.45) is 5.25. The molecular weight excluding hydrogens is 254 g/mol. The predicted octanol–water partition coefficient (Wildman–Crippen LogP) is 3.06. The van der Waals surface area contributed by atoms with Crippen LogP contribution in [0.15, 0.2) is 0 Å². The van der Waals surface area contributed by atoms with Gasteiger partial charge in [0.05, 0.1) is 6.10 Å². The zero-order chi connectivity index (χ0) is 15.2. The van der Waals surface area contributed by atoms with E-state index in [-0.39, 0.29) is 0 Å². The lowest BCUT2D eigenvalue weighted by atomic mass is 9.82. The summed E-state index contributed by atoms with van der Waals surface area (Å²) in [5.41, 5.74) is -0.873. The molecule has 3 unspecified atom stereocenters. The van der Waals surface area contributed by atoms with Gasteiger partial charge in [-0.2, -0.15) is 0 Å². The van der Waals surface area contributed by atoms with Crippen LogP contribution in [0.5, 0.6) is 0 Å². The first-order valence-electron chi connectivity index (χ1n) is 7.97. The van der Waals surface area contributed by atoms with Crippen molar-refractivity contribution in [1.82, 2.24) is 5.32 Å². The van der Waals surface area contributed by atoms with Gasteiger partial charge in [0.1, 0.15) is 5.54 Å². The van der Waals surface area contributed by atoms with Crippen LogP contribution in [0.4, 0.5) is 0 Å². The average Bonchev–Trinajstić information content (AvgIpc) is 2.35. The van der Waals surface area contributed by atoms with Crippen molar-refractivity contribution in [2.75, 3.05) is 13.2 Å². The van der Waals surface area contributed by atoms with Crippen molar-refractivity contribution in [3.63, 3.8) is 0 Å². The van der Waals surface area contributed by atoms with Crippen LogP contribution in [0.3, 0.4) is 0 Å². The second-order valence-corrected chi connectivity index (χ2v) is 6.72. The molecule has 0 amide bonds. The molecule has 0 aromatic rings. The summed E-state index contributed by atoms with van der Waals surface area (Å²) in [5.74, 6) is 0.639. The molecular formula is C16H31NO3. The molecule has 1 rings (SSSR count). The van der Waals surface area contributed by atoms with Gasteiger partial charge in [0.15, 0.2) is 0 Å². The van der Waals surface area contributed by atoms with E-state index in [1.165, 1.54) is 6.42 Å². The third kappa shape index (κ3) is 5.41. The summed E-state index contributed by atoms with van der Waals surface area (Å²) in [7, 11) is 0. The fraction of sp³-hybridized carbons (Fsp3) is 0.938. The molecule has 0 saturated heterocycles. The number of nitrogens with one attached hydrogen (secondary N) is 1. The van der Waals surface area contributed by atoms with Crippen LogP contribution in [-0.4, -0.2) is 35.9 Å². The average molecular weight is 285 g/mol. The number of rotatable bonds is 8. The maximum Gasteiger partial charge on any atom is 0.323 e. The second-order valence-electron chi connectivity index (χ2n) is 6.72. The van der Waals surface area contributed by atoms with Crippen molar-refractivity contribution in [3.8, 4) is 0 Å². The first kappa shape index (κ1) is 17.4. The summed E-state index contributed by atoms with van der Waals surface area (Å²) in [4.78, 5) is 11.4. The van der Waals surface area contributed by atoms with E-state index < -0.39 is 11.5 Å². The quantitative estimate of drug-likeness (QED) is 0.719. The highest BCUT2D eigenvalue weighted by Gasteiger charge is 2.32. The summed E-state index contributed by atoms with van der Waals surface area (Å²) < 4.78 is 5.95. The van der Waals surface area contributed by atoms with Crippen molar-refractivity contribution >= 4 is 5.97 Å². The van der Waals surface area contributed by atoms with E-state index in [9.17, 15) is 9.90 Å². The molecule has 1 fully saturated rings. The molecule has 0 bridgehead atoms. The number of ether oxygens (including phenoxy) is 1. The molecule has 0 radical (unpaired) electrons. The van der Waals surface area contributed by atoms with Gasteiger partial charge in [-0.15, -0.1) is 0 Å². The maximum atomic E-state index is 11.4. The van der Waals surface area contributed by atoms with E-state index in [1.54, 1.807) is 6.92 Å². The van der Waals surface area contributed by atoms with Crippen molar-refractivity contribution < 1.29 is 14.6 Å². The largest absolute Gasteiger partial charge is 0.480 e. The second kappa shape index (κ2) is 7.99. The van der Waals surface area contributed by atoms with Gasteiger partial charge >= 0.3 is 5.97 Å². The van der Waals surface area contributed by atoms with Crippen LogP contribution in [0.25, 0.3) is 0 Å². The number of carbonyl (C=O) groups is 1. The number of hydrogen-bond acceptors (Lipinski definition) is 3. The zero-order valence-electron chi connectivity index (χ0n) is 13.4. The molecule has 0 spiro atoms. The van der Waals surface area contributed by atoms with E-state index in [2.05, 4.69) is 19.2 Å². The molecule has 1 saturated carbocycles. The van der Waals surface area contributed by atoms with E-state index in [0.717, 1.165) is 25.8 Å². The maximum absolute atomic E-state index is 11.4. The molecule has 2 N–H and O–H groups in total. The molecule has 0 aliphatic heterocycles. The molecule has 0 heterocycles. The van der Waals surface area contributed by atoms with Gasteiger partial charge in [-0.25, -0.2) is 0 Å². The highest BCUT2D eigenvalue weighted by atomic mass is 16.5. The van der Waals surface area contributed by atoms with Gasteiger partial charge in [-0.05, 0) is 57.4 Å². The summed E-state index contributed by atoms with van der Waals surface area (Å²) in [5, 5.41) is 12.5. The van der Waals surface area contributed by atoms with Gasteiger partial charge < -0.3 is 15.2 Å². The number of aliphatic carboxylic acids is 1. The van der Waals surface area contributed by atoms with Crippen molar-refractivity contribution in [2.45, 2.75) is 71.4 Å². The Hall–Kier alpha value is -0.610. The monoisotopic (exact) mass is 285 g/mol. The summed E-state index contributed by atoms with van der Waals surface area (Å²) >= 11 is 0. The van der Waals surface area contributed by atoms with E-state index in [0.29, 0.717) is 31.0 Å². The lowest BCUT2D eigenvalue weighted by Gasteiger charge is -2.32. The van der Waals surface area contributed by atoms with Crippen LogP contribution in [0, 0.1) is 11.8 Å². The Morgan fingerprint density at radius 2 is 1.90 bits per heavy atom. The molecule has 4 nitrogen and oxygen atoms in total. The van der Waals surface area contributed by atoms with Crippen molar-refractivity contribution in [1.29, 1.82) is 0 Å². The topological polar surface area (TPSA) is 58.6 Å². The Balaban J connectivity index is 2.38. The first-order chi connectivity index (χ1) is 9.37. The smallest absolute Gasteiger partial charge is 0.323 e. The minimum atomic E-state index is -0.873. The first-order valence-corrected chi connectivity index (χ1v) is 7.97. The van der Waals surface area contributed by atoms with Crippen molar-refractivity contribution in [3.05, 3.63) is 0 Å². The van der Waals surface area contributed by atoms with Crippen molar-refractivity contribution in [2.24, 2.45) is 11.8 Å². The van der Waals surface area contributed by atoms with Crippen LogP contribution in [-0.2, 0) is 9.53 Å². The molecule has 20 heavy (non-hydrogen) atoms. The molecule has 4 heteroatoms. The fourth-order valence-corrected chi connectivity index (χ4v) is 3.11. The lowest BCUT2D eigenvalue weighted by Crippen LogP contribution is -2.50. The van der Waals surface area contributed by atoms with Gasteiger partial charge in [0, 0.05) is 6.61 Å². The number of hydrogen-bond donors (Lipinski definition) is 2.